The minimum Gasteiger partial charge on any atom is -0.477 e. The van der Waals surface area contributed by atoms with Gasteiger partial charge in [0.15, 0.2) is 0 Å². The zero-order valence-electron chi connectivity index (χ0n) is 38.3. The monoisotopic (exact) mass is 1230 g/mol. The molecule has 0 amide bonds. The Bertz CT molecular complexity index is 3570. The molecule has 0 spiro atoms. The van der Waals surface area contributed by atoms with E-state index in [4.69, 9.17) is 5.11 Å². The largest absolute Gasteiger partial charge is 0.477 e. The number of carboxylic acid groups (broad SMARTS) is 1. The third-order valence-electron chi connectivity index (χ3n) is 11.7. The Morgan fingerprint density at radius 1 is 0.421 bits per heavy atom. The van der Waals surface area contributed by atoms with Crippen LogP contribution in [-0.4, -0.2) is 35.2 Å². The average Bonchev–Trinajstić information content (AvgIpc) is 3.92. The van der Waals surface area contributed by atoms with E-state index in [1.165, 1.54) is 36.8 Å². The Kier molecular flexibility index (Phi) is 15.0. The maximum absolute atomic E-state index is 13.7. The Hall–Kier alpha value is -8.35. The number of rotatable bonds is 5. The van der Waals surface area contributed by atoms with Gasteiger partial charge in [-0.1, -0.05) is 91.0 Å². The smallest absolute Gasteiger partial charge is 0.381 e. The second-order valence-corrected chi connectivity index (χ2v) is 16.4. The molecule has 387 valence electrons. The van der Waals surface area contributed by atoms with Crippen molar-refractivity contribution in [1.29, 1.82) is 0 Å². The van der Waals surface area contributed by atoms with E-state index in [0.29, 0.717) is 23.5 Å². The van der Waals surface area contributed by atoms with E-state index in [0.717, 1.165) is 43.6 Å². The molecule has 11 aromatic rings. The molecule has 0 saturated heterocycles. The van der Waals surface area contributed by atoms with E-state index in [1.807, 2.05) is 106 Å². The molecule has 5 aromatic heterocycles. The Morgan fingerprint density at radius 3 is 1.05 bits per heavy atom. The van der Waals surface area contributed by atoms with Crippen molar-refractivity contribution in [2.75, 3.05) is 0 Å². The standard InChI is InChI=1S/2C25H13F6N2.C6H5NO2.Ir/c2*26-24(27,28)15-9-10-19(20(13-15)25(29,30)31)21-14-16(11-12-32-21)33-22-7-3-1-5-17(22)18-6-2-4-8-23(18)33;8-6(9)5-3-1-2-4-7-5;/h2*1-9,11-14H;1-4H,(H,8,9);/q2*-1;;. The number of nitrogens with zero attached hydrogens (tertiary/aromatic N) is 5. The number of alkyl halides is 12. The summed E-state index contributed by atoms with van der Waals surface area (Å²) in [7, 11) is 0. The van der Waals surface area contributed by atoms with E-state index in [1.54, 1.807) is 24.3 Å². The summed E-state index contributed by atoms with van der Waals surface area (Å²) in [6, 6.07) is 46.8. The molecule has 11 rings (SSSR count). The fourth-order valence-corrected chi connectivity index (χ4v) is 8.47. The normalized spacial score (nSPS) is 11.9. The topological polar surface area (TPSA) is 85.8 Å². The molecule has 0 bridgehead atoms. The van der Waals surface area contributed by atoms with Crippen LogP contribution in [0.5, 0.6) is 0 Å². The third-order valence-corrected chi connectivity index (χ3v) is 11.7. The van der Waals surface area contributed by atoms with Gasteiger partial charge < -0.3 is 24.2 Å². The SMILES string of the molecule is FC(F)(F)c1c[c-]c(-c2cc(-n3c4ccccc4c4ccccc43)ccn2)c(C(F)(F)F)c1.FC(F)(F)c1c[c-]c(-c2cc(-n3c4ccccc4c4ccccc43)ccn2)c(C(F)(F)F)c1.O=C(O)c1ccccn1.[Ir]. The number of carboxylic acids is 1. The van der Waals surface area contributed by atoms with E-state index < -0.39 is 64.1 Å². The van der Waals surface area contributed by atoms with Crippen molar-refractivity contribution in [1.82, 2.24) is 24.1 Å². The number of halogens is 12. The molecule has 0 unspecified atom stereocenters. The molecule has 1 N–H and O–H groups in total. The summed E-state index contributed by atoms with van der Waals surface area (Å²) >= 11 is 0. The number of aromatic nitrogens is 5. The minimum atomic E-state index is -5.02. The number of benzene rings is 6. The van der Waals surface area contributed by atoms with Gasteiger partial charge in [0.25, 0.3) is 0 Å². The summed E-state index contributed by atoms with van der Waals surface area (Å²) in [5, 5.41) is 12.2. The number of hydrogen-bond donors (Lipinski definition) is 1. The van der Waals surface area contributed by atoms with Gasteiger partial charge >= 0.3 is 30.7 Å². The molecule has 0 aliphatic rings. The first-order valence-corrected chi connectivity index (χ1v) is 22.0. The molecule has 6 aromatic carbocycles. The fourth-order valence-electron chi connectivity index (χ4n) is 8.47. The van der Waals surface area contributed by atoms with Crippen molar-refractivity contribution in [3.8, 4) is 33.9 Å². The van der Waals surface area contributed by atoms with Crippen LogP contribution in [0.3, 0.4) is 0 Å². The van der Waals surface area contributed by atoms with E-state index in [2.05, 4.69) is 27.1 Å². The fraction of sp³-hybridized carbons (Fsp3) is 0.0714. The summed E-state index contributed by atoms with van der Waals surface area (Å²) in [6.45, 7) is 0. The van der Waals surface area contributed by atoms with Gasteiger partial charge in [-0.25, -0.2) is 9.78 Å². The maximum atomic E-state index is 13.7. The summed E-state index contributed by atoms with van der Waals surface area (Å²) in [6.07, 6.45) is -15.8. The number of pyridine rings is 3. The van der Waals surface area contributed by atoms with Crippen LogP contribution >= 0.6 is 0 Å². The Labute approximate surface area is 435 Å². The van der Waals surface area contributed by atoms with Gasteiger partial charge in [0.2, 0.25) is 0 Å². The van der Waals surface area contributed by atoms with Gasteiger partial charge in [-0.3, -0.25) is 0 Å². The van der Waals surface area contributed by atoms with Crippen molar-refractivity contribution in [3.05, 3.63) is 222 Å². The van der Waals surface area contributed by atoms with Crippen molar-refractivity contribution in [3.63, 3.8) is 0 Å². The zero-order valence-corrected chi connectivity index (χ0v) is 40.7. The van der Waals surface area contributed by atoms with Crippen LogP contribution < -0.4 is 0 Å². The van der Waals surface area contributed by atoms with Crippen LogP contribution in [0.25, 0.3) is 77.5 Å². The van der Waals surface area contributed by atoms with Gasteiger partial charge in [-0.05, 0) is 82.2 Å². The quantitative estimate of drug-likeness (QED) is 0.137. The number of aromatic carboxylic acids is 1. The second kappa shape index (κ2) is 21.1. The van der Waals surface area contributed by atoms with Crippen molar-refractivity contribution >= 4 is 49.6 Å². The third kappa shape index (κ3) is 11.0. The molecule has 7 nitrogen and oxygen atoms in total. The van der Waals surface area contributed by atoms with Crippen LogP contribution in [0.2, 0.25) is 0 Å². The van der Waals surface area contributed by atoms with Gasteiger partial charge in [0.1, 0.15) is 5.69 Å². The van der Waals surface area contributed by atoms with Crippen molar-refractivity contribution in [2.24, 2.45) is 0 Å². The van der Waals surface area contributed by atoms with Crippen LogP contribution in [0.4, 0.5) is 52.7 Å². The molecule has 76 heavy (non-hydrogen) atoms. The molecule has 20 heteroatoms. The summed E-state index contributed by atoms with van der Waals surface area (Å²) in [5.74, 6) is -0.990. The number of fused-ring (bicyclic) bond motifs is 6. The molecule has 0 saturated carbocycles. The number of hydrogen-bond acceptors (Lipinski definition) is 4. The van der Waals surface area contributed by atoms with Crippen LogP contribution in [0.1, 0.15) is 32.7 Å². The minimum absolute atomic E-state index is 0. The molecule has 1 radical (unpaired) electrons. The molecule has 0 fully saturated rings. The van der Waals surface area contributed by atoms with Crippen LogP contribution in [0, 0.1) is 12.1 Å². The summed E-state index contributed by atoms with van der Waals surface area (Å²) in [5.41, 5.74) is -2.59. The molecule has 0 aliphatic heterocycles. The van der Waals surface area contributed by atoms with Crippen LogP contribution in [-0.2, 0) is 44.8 Å². The van der Waals surface area contributed by atoms with Gasteiger partial charge in [0.05, 0.1) is 22.1 Å². The molecule has 0 aliphatic carbocycles. The number of carbonyl (C=O) groups is 1. The van der Waals surface area contributed by atoms with Crippen molar-refractivity contribution < 1.29 is 82.7 Å². The predicted molar refractivity (Wildman–Crippen MR) is 257 cm³/mol. The summed E-state index contributed by atoms with van der Waals surface area (Å²) in [4.78, 5) is 21.8. The van der Waals surface area contributed by atoms with Gasteiger partial charge in [-0.2, -0.15) is 52.7 Å². The molecule has 5 heterocycles. The van der Waals surface area contributed by atoms with Crippen molar-refractivity contribution in [2.45, 2.75) is 24.7 Å². The molecular weight excluding hydrogens is 1190 g/mol. The molecular formula is C56H31F12IrN5O2-2. The first kappa shape index (κ1) is 53.9. The maximum Gasteiger partial charge on any atom is 0.381 e. The Morgan fingerprint density at radius 2 is 0.763 bits per heavy atom. The number of para-hydroxylation sites is 4. The first-order chi connectivity index (χ1) is 35.6. The van der Waals surface area contributed by atoms with Gasteiger partial charge in [-0.15, -0.1) is 47.5 Å². The Balaban J connectivity index is 0.000000171. The summed E-state index contributed by atoms with van der Waals surface area (Å²) < 4.78 is 164. The average molecular weight is 1230 g/mol. The molecule has 0 atom stereocenters. The van der Waals surface area contributed by atoms with E-state index in [-0.39, 0.29) is 49.3 Å². The zero-order chi connectivity index (χ0) is 53.5. The van der Waals surface area contributed by atoms with E-state index >= 15 is 0 Å². The van der Waals surface area contributed by atoms with Gasteiger partial charge in [0, 0.05) is 71.6 Å². The van der Waals surface area contributed by atoms with Crippen LogP contribution in [0.15, 0.2) is 182 Å². The first-order valence-electron chi connectivity index (χ1n) is 22.0. The van der Waals surface area contributed by atoms with E-state index in [9.17, 15) is 57.5 Å². The second-order valence-electron chi connectivity index (χ2n) is 16.4. The predicted octanol–water partition coefficient (Wildman–Crippen LogP) is 16.1.